The highest BCUT2D eigenvalue weighted by Crippen LogP contribution is 2.18. The van der Waals surface area contributed by atoms with Crippen LogP contribution in [0.15, 0.2) is 0 Å². The lowest BCUT2D eigenvalue weighted by Gasteiger charge is -2.13. The molecule has 0 aliphatic rings. The molecule has 68 valence electrons. The minimum Gasteiger partial charge on any atom is -0.0720 e. The van der Waals surface area contributed by atoms with Crippen molar-refractivity contribution in [2.24, 2.45) is 0 Å². The predicted molar refractivity (Wildman–Crippen MR) is 57.1 cm³/mol. The van der Waals surface area contributed by atoms with Gasteiger partial charge in [-0.15, -0.1) is 0 Å². The monoisotopic (exact) mass is 172 g/mol. The molecule has 0 aliphatic carbocycles. The smallest absolute Gasteiger partial charge is 0.0334 e. The summed E-state index contributed by atoms with van der Waals surface area (Å²) in [6.45, 7) is 9.64. The number of unbranched alkanes of at least 4 members (excludes halogenated alkanes) is 3. The second kappa shape index (κ2) is 6.90. The molecule has 0 rings (SSSR count). The molecule has 0 aliphatic heterocycles. The van der Waals surface area contributed by atoms with Gasteiger partial charge < -0.3 is 0 Å². The van der Waals surface area contributed by atoms with Crippen molar-refractivity contribution in [2.75, 3.05) is 0 Å². The fourth-order valence-electron chi connectivity index (χ4n) is 1.23. The maximum Gasteiger partial charge on any atom is 0.0334 e. The summed E-state index contributed by atoms with van der Waals surface area (Å²) in [6.07, 6.45) is 7.23. The van der Waals surface area contributed by atoms with Crippen LogP contribution >= 0.6 is 0 Å². The highest BCUT2D eigenvalue weighted by Gasteiger charge is 2.06. The van der Waals surface area contributed by atoms with Gasteiger partial charge >= 0.3 is 0 Å². The third-order valence-electron chi connectivity index (χ3n) is 2.65. The second-order valence-corrected chi connectivity index (χ2v) is 7.70. The normalized spacial score (nSPS) is 13.9. The fraction of sp³-hybridized carbons (Fsp3) is 1.00. The average Bonchev–Trinajstić information content (AvgIpc) is 1.97. The molecule has 1 atom stereocenters. The van der Waals surface area contributed by atoms with Gasteiger partial charge in [-0.3, -0.25) is 0 Å². The lowest BCUT2D eigenvalue weighted by Crippen LogP contribution is -2.08. The fourth-order valence-corrected chi connectivity index (χ4v) is 2.13. The van der Waals surface area contributed by atoms with Crippen molar-refractivity contribution in [2.45, 2.75) is 64.6 Å². The molecule has 0 spiro atoms. The first-order valence-electron chi connectivity index (χ1n) is 5.18. The molecule has 1 heteroatoms. The summed E-state index contributed by atoms with van der Waals surface area (Å²) in [4.78, 5) is 0. The summed E-state index contributed by atoms with van der Waals surface area (Å²) < 4.78 is 0. The standard InChI is InChI=1S/C10H24Si/c1-5-6-7-8-9-10(2)11(3)4/h10-11H,5-9H2,1-4H3. The third-order valence-corrected chi connectivity index (χ3v) is 5.26. The molecule has 0 amide bonds. The number of rotatable bonds is 6. The first-order chi connectivity index (χ1) is 5.18. The van der Waals surface area contributed by atoms with Crippen molar-refractivity contribution in [3.63, 3.8) is 0 Å². The van der Waals surface area contributed by atoms with Gasteiger partial charge in [-0.25, -0.2) is 0 Å². The van der Waals surface area contributed by atoms with Gasteiger partial charge in [-0.1, -0.05) is 64.6 Å². The third kappa shape index (κ3) is 6.61. The van der Waals surface area contributed by atoms with Gasteiger partial charge in [0.2, 0.25) is 0 Å². The van der Waals surface area contributed by atoms with E-state index >= 15 is 0 Å². The van der Waals surface area contributed by atoms with E-state index in [4.69, 9.17) is 0 Å². The molecule has 0 saturated heterocycles. The average molecular weight is 172 g/mol. The first kappa shape index (κ1) is 11.2. The van der Waals surface area contributed by atoms with Crippen LogP contribution in [0.4, 0.5) is 0 Å². The van der Waals surface area contributed by atoms with Crippen LogP contribution in [0.3, 0.4) is 0 Å². The Kier molecular flexibility index (Phi) is 7.03. The summed E-state index contributed by atoms with van der Waals surface area (Å²) in [6, 6.07) is 0. The number of hydrogen-bond donors (Lipinski definition) is 0. The van der Waals surface area contributed by atoms with Gasteiger partial charge in [0.05, 0.1) is 0 Å². The molecule has 0 fully saturated rings. The summed E-state index contributed by atoms with van der Waals surface area (Å²) in [5, 5.41) is 0. The van der Waals surface area contributed by atoms with Crippen molar-refractivity contribution in [1.29, 1.82) is 0 Å². The largest absolute Gasteiger partial charge is 0.0720 e. The topological polar surface area (TPSA) is 0 Å². The minimum atomic E-state index is -0.316. The van der Waals surface area contributed by atoms with E-state index in [0.717, 1.165) is 5.54 Å². The van der Waals surface area contributed by atoms with Crippen LogP contribution in [0.1, 0.15) is 46.0 Å². The Hall–Kier alpha value is 0.217. The van der Waals surface area contributed by atoms with Crippen LogP contribution in [0, 0.1) is 0 Å². The van der Waals surface area contributed by atoms with Gasteiger partial charge in [0.15, 0.2) is 0 Å². The second-order valence-electron chi connectivity index (χ2n) is 4.07. The first-order valence-corrected chi connectivity index (χ1v) is 8.16. The molecular formula is C10H24Si. The van der Waals surface area contributed by atoms with E-state index in [1.807, 2.05) is 0 Å². The van der Waals surface area contributed by atoms with Crippen molar-refractivity contribution in [3.05, 3.63) is 0 Å². The van der Waals surface area contributed by atoms with Crippen LogP contribution in [0.2, 0.25) is 18.6 Å². The Morgan fingerprint density at radius 2 is 1.73 bits per heavy atom. The van der Waals surface area contributed by atoms with Crippen LogP contribution in [0.25, 0.3) is 0 Å². The predicted octanol–water partition coefficient (Wildman–Crippen LogP) is 3.83. The quantitative estimate of drug-likeness (QED) is 0.422. The Labute approximate surface area is 74.0 Å². The summed E-state index contributed by atoms with van der Waals surface area (Å²) in [5.41, 5.74) is 1.06. The molecule has 0 aromatic rings. The molecule has 0 nitrogen and oxygen atoms in total. The summed E-state index contributed by atoms with van der Waals surface area (Å²) in [5.74, 6) is 0. The van der Waals surface area contributed by atoms with E-state index in [9.17, 15) is 0 Å². The molecule has 1 unspecified atom stereocenters. The van der Waals surface area contributed by atoms with Crippen LogP contribution in [-0.4, -0.2) is 8.80 Å². The van der Waals surface area contributed by atoms with Gasteiger partial charge in [0, 0.05) is 8.80 Å². The van der Waals surface area contributed by atoms with E-state index in [-0.39, 0.29) is 8.80 Å². The van der Waals surface area contributed by atoms with Crippen molar-refractivity contribution in [3.8, 4) is 0 Å². The van der Waals surface area contributed by atoms with E-state index < -0.39 is 0 Å². The van der Waals surface area contributed by atoms with Gasteiger partial charge in [-0.2, -0.15) is 0 Å². The zero-order valence-electron chi connectivity index (χ0n) is 8.69. The summed E-state index contributed by atoms with van der Waals surface area (Å²) in [7, 11) is -0.316. The van der Waals surface area contributed by atoms with Crippen molar-refractivity contribution >= 4 is 8.80 Å². The van der Waals surface area contributed by atoms with Crippen molar-refractivity contribution in [1.82, 2.24) is 0 Å². The maximum absolute atomic E-state index is 2.46. The summed E-state index contributed by atoms with van der Waals surface area (Å²) >= 11 is 0. The molecule has 0 aromatic heterocycles. The van der Waals surface area contributed by atoms with E-state index in [0.29, 0.717) is 0 Å². The van der Waals surface area contributed by atoms with Crippen LogP contribution in [-0.2, 0) is 0 Å². The lowest BCUT2D eigenvalue weighted by molar-refractivity contribution is 0.620. The Balaban J connectivity index is 3.10. The highest BCUT2D eigenvalue weighted by molar-refractivity contribution is 6.57. The lowest BCUT2D eigenvalue weighted by atomic mass is 10.1. The minimum absolute atomic E-state index is 0.316. The molecule has 0 N–H and O–H groups in total. The van der Waals surface area contributed by atoms with Crippen LogP contribution < -0.4 is 0 Å². The molecule has 0 bridgehead atoms. The molecule has 0 aromatic carbocycles. The van der Waals surface area contributed by atoms with Crippen LogP contribution in [0.5, 0.6) is 0 Å². The van der Waals surface area contributed by atoms with Gasteiger partial charge in [0.25, 0.3) is 0 Å². The zero-order valence-corrected chi connectivity index (χ0v) is 9.84. The zero-order chi connectivity index (χ0) is 8.69. The highest BCUT2D eigenvalue weighted by atomic mass is 28.3. The van der Waals surface area contributed by atoms with Gasteiger partial charge in [-0.05, 0) is 0 Å². The Morgan fingerprint density at radius 1 is 1.09 bits per heavy atom. The van der Waals surface area contributed by atoms with Gasteiger partial charge in [0.1, 0.15) is 0 Å². The van der Waals surface area contributed by atoms with E-state index in [2.05, 4.69) is 26.9 Å². The van der Waals surface area contributed by atoms with E-state index in [1.165, 1.54) is 32.1 Å². The Morgan fingerprint density at radius 3 is 2.18 bits per heavy atom. The molecule has 0 heterocycles. The SMILES string of the molecule is CCCCCCC(C)[SiH](C)C. The molecule has 11 heavy (non-hydrogen) atoms. The maximum atomic E-state index is 2.46. The number of hydrogen-bond acceptors (Lipinski definition) is 0. The molecular weight excluding hydrogens is 148 g/mol. The molecule has 0 saturated carbocycles. The van der Waals surface area contributed by atoms with Crippen molar-refractivity contribution < 1.29 is 0 Å². The molecule has 0 radical (unpaired) electrons. The van der Waals surface area contributed by atoms with E-state index in [1.54, 1.807) is 0 Å². The Bertz CT molecular complexity index is 78.9.